The minimum Gasteiger partial charge on any atom is -0.399 e. The zero-order chi connectivity index (χ0) is 18.7. The maximum absolute atomic E-state index is 9.84. The van der Waals surface area contributed by atoms with Crippen molar-refractivity contribution >= 4 is 5.57 Å². The molecule has 0 saturated carbocycles. The Morgan fingerprint density at radius 2 is 1.54 bits per heavy atom. The predicted octanol–water partition coefficient (Wildman–Crippen LogP) is 3.95. The van der Waals surface area contributed by atoms with Crippen LogP contribution in [-0.4, -0.2) is 0 Å². The topological polar surface area (TPSA) is 97.4 Å². The molecule has 0 spiro atoms. The van der Waals surface area contributed by atoms with Crippen LogP contribution in [0.5, 0.6) is 0 Å². The molecule has 1 aliphatic rings. The lowest BCUT2D eigenvalue weighted by molar-refractivity contribution is 0.534. The fourth-order valence-corrected chi connectivity index (χ4v) is 3.27. The van der Waals surface area contributed by atoms with Gasteiger partial charge in [-0.25, -0.2) is 0 Å². The summed E-state index contributed by atoms with van der Waals surface area (Å²) in [4.78, 5) is 0. The van der Waals surface area contributed by atoms with Crippen molar-refractivity contribution in [1.29, 1.82) is 15.8 Å². The van der Waals surface area contributed by atoms with Crippen molar-refractivity contribution in [3.63, 3.8) is 0 Å². The quantitative estimate of drug-likeness (QED) is 0.898. The molecule has 0 heterocycles. The summed E-state index contributed by atoms with van der Waals surface area (Å²) in [5.41, 5.74) is 8.20. The Balaban J connectivity index is 2.30. The number of allylic oxidation sites excluding steroid dienone is 4. The van der Waals surface area contributed by atoms with Crippen LogP contribution in [0, 0.1) is 46.3 Å². The summed E-state index contributed by atoms with van der Waals surface area (Å²) in [6.07, 6.45) is 1.82. The molecule has 0 bridgehead atoms. The number of benzene rings is 2. The second-order valence-corrected chi connectivity index (χ2v) is 6.27. The summed E-state index contributed by atoms with van der Waals surface area (Å²) in [5.74, 6) is -0.564. The first-order valence-corrected chi connectivity index (χ1v) is 8.14. The molecular formula is C22H16N4. The zero-order valence-electron chi connectivity index (χ0n) is 14.3. The van der Waals surface area contributed by atoms with Gasteiger partial charge < -0.3 is 5.73 Å². The number of nitriles is 3. The molecule has 2 aromatic rings. The molecule has 0 fully saturated rings. The van der Waals surface area contributed by atoms with Gasteiger partial charge in [0.15, 0.2) is 5.41 Å². The van der Waals surface area contributed by atoms with Crippen LogP contribution in [0.15, 0.2) is 71.9 Å². The third-order valence-electron chi connectivity index (χ3n) is 4.75. The molecule has 26 heavy (non-hydrogen) atoms. The summed E-state index contributed by atoms with van der Waals surface area (Å²) in [5, 5.41) is 29.3. The molecule has 1 aliphatic carbocycles. The Bertz CT molecular complexity index is 1010. The van der Waals surface area contributed by atoms with Crippen LogP contribution >= 0.6 is 0 Å². The standard InChI is InChI=1S/C22H16N4/c1-15-7-9-17(10-8-15)20-11-18(16-5-3-2-4-6-16)19(12-23)21(26)22(20,13-24)14-25/h2-11,20H,26H2,1H3. The van der Waals surface area contributed by atoms with E-state index in [4.69, 9.17) is 5.73 Å². The van der Waals surface area contributed by atoms with Gasteiger partial charge in [-0.1, -0.05) is 66.2 Å². The molecule has 4 nitrogen and oxygen atoms in total. The van der Waals surface area contributed by atoms with Gasteiger partial charge in [-0.2, -0.15) is 15.8 Å². The molecule has 3 rings (SSSR count). The van der Waals surface area contributed by atoms with E-state index in [1.165, 1.54) is 0 Å². The van der Waals surface area contributed by atoms with E-state index in [0.29, 0.717) is 5.57 Å². The molecule has 0 radical (unpaired) electrons. The Hall–Kier alpha value is -3.81. The van der Waals surface area contributed by atoms with E-state index in [0.717, 1.165) is 16.7 Å². The Labute approximate surface area is 152 Å². The van der Waals surface area contributed by atoms with Gasteiger partial charge in [0.05, 0.1) is 23.4 Å². The third-order valence-corrected chi connectivity index (χ3v) is 4.75. The summed E-state index contributed by atoms with van der Waals surface area (Å²) < 4.78 is 0. The van der Waals surface area contributed by atoms with Crippen LogP contribution in [0.25, 0.3) is 5.57 Å². The van der Waals surface area contributed by atoms with Crippen molar-refractivity contribution in [3.05, 3.63) is 88.6 Å². The van der Waals surface area contributed by atoms with Crippen LogP contribution in [0.2, 0.25) is 0 Å². The molecule has 1 unspecified atom stereocenters. The van der Waals surface area contributed by atoms with Crippen molar-refractivity contribution in [2.24, 2.45) is 11.1 Å². The fraction of sp³-hybridized carbons (Fsp3) is 0.136. The first kappa shape index (κ1) is 17.0. The molecule has 1 atom stereocenters. The minimum absolute atomic E-state index is 0.0110. The highest BCUT2D eigenvalue weighted by Gasteiger charge is 2.47. The minimum atomic E-state index is -1.61. The highest BCUT2D eigenvalue weighted by Crippen LogP contribution is 2.48. The lowest BCUT2D eigenvalue weighted by Gasteiger charge is -2.33. The molecule has 2 aromatic carbocycles. The number of hydrogen-bond donors (Lipinski definition) is 1. The van der Waals surface area contributed by atoms with Gasteiger partial charge in [-0.3, -0.25) is 0 Å². The fourth-order valence-electron chi connectivity index (χ4n) is 3.27. The van der Waals surface area contributed by atoms with Crippen LogP contribution in [0.3, 0.4) is 0 Å². The van der Waals surface area contributed by atoms with Crippen molar-refractivity contribution in [1.82, 2.24) is 0 Å². The van der Waals surface area contributed by atoms with Crippen LogP contribution in [0.1, 0.15) is 22.6 Å². The molecule has 4 heteroatoms. The average Bonchev–Trinajstić information content (AvgIpc) is 2.69. The largest absolute Gasteiger partial charge is 0.399 e. The SMILES string of the molecule is Cc1ccc(C2C=C(c3ccccc3)C(C#N)=C(N)C2(C#N)C#N)cc1. The zero-order valence-corrected chi connectivity index (χ0v) is 14.3. The smallest absolute Gasteiger partial charge is 0.194 e. The van der Waals surface area contributed by atoms with Gasteiger partial charge in [0, 0.05) is 5.92 Å². The average molecular weight is 336 g/mol. The number of rotatable bonds is 2. The lowest BCUT2D eigenvalue weighted by atomic mass is 9.65. The Morgan fingerprint density at radius 3 is 2.08 bits per heavy atom. The second-order valence-electron chi connectivity index (χ2n) is 6.27. The normalized spacial score (nSPS) is 18.2. The molecular weight excluding hydrogens is 320 g/mol. The second kappa shape index (κ2) is 6.60. The van der Waals surface area contributed by atoms with Crippen molar-refractivity contribution in [2.75, 3.05) is 0 Å². The van der Waals surface area contributed by atoms with Gasteiger partial charge in [-0.05, 0) is 23.6 Å². The van der Waals surface area contributed by atoms with E-state index in [9.17, 15) is 15.8 Å². The summed E-state index contributed by atoms with van der Waals surface area (Å²) in [6, 6.07) is 23.3. The summed E-state index contributed by atoms with van der Waals surface area (Å²) in [7, 11) is 0. The maximum Gasteiger partial charge on any atom is 0.194 e. The van der Waals surface area contributed by atoms with Gasteiger partial charge in [-0.15, -0.1) is 0 Å². The lowest BCUT2D eigenvalue weighted by Crippen LogP contribution is -2.35. The third kappa shape index (κ3) is 2.53. The van der Waals surface area contributed by atoms with E-state index in [-0.39, 0.29) is 11.3 Å². The molecule has 2 N–H and O–H groups in total. The Morgan fingerprint density at radius 1 is 0.923 bits per heavy atom. The number of nitrogens with zero attached hydrogens (tertiary/aromatic N) is 3. The van der Waals surface area contributed by atoms with E-state index in [1.54, 1.807) is 0 Å². The van der Waals surface area contributed by atoms with E-state index in [1.807, 2.05) is 67.6 Å². The molecule has 0 amide bonds. The number of nitrogens with two attached hydrogens (primary N) is 1. The van der Waals surface area contributed by atoms with Gasteiger partial charge in [0.1, 0.15) is 6.07 Å². The van der Waals surface area contributed by atoms with Crippen LogP contribution in [0.4, 0.5) is 0 Å². The van der Waals surface area contributed by atoms with Gasteiger partial charge >= 0.3 is 0 Å². The monoisotopic (exact) mass is 336 g/mol. The van der Waals surface area contributed by atoms with Gasteiger partial charge in [0.25, 0.3) is 0 Å². The molecule has 0 aliphatic heterocycles. The number of hydrogen-bond acceptors (Lipinski definition) is 4. The first-order chi connectivity index (χ1) is 12.6. The first-order valence-electron chi connectivity index (χ1n) is 8.14. The van der Waals surface area contributed by atoms with Crippen LogP contribution in [-0.2, 0) is 0 Å². The number of aryl methyl sites for hydroxylation is 1. The van der Waals surface area contributed by atoms with E-state index < -0.39 is 11.3 Å². The van der Waals surface area contributed by atoms with Gasteiger partial charge in [0.2, 0.25) is 0 Å². The van der Waals surface area contributed by atoms with E-state index in [2.05, 4.69) is 18.2 Å². The molecule has 0 aromatic heterocycles. The van der Waals surface area contributed by atoms with Crippen molar-refractivity contribution in [3.8, 4) is 18.2 Å². The molecule has 124 valence electrons. The van der Waals surface area contributed by atoms with E-state index >= 15 is 0 Å². The Kier molecular flexibility index (Phi) is 4.32. The summed E-state index contributed by atoms with van der Waals surface area (Å²) >= 11 is 0. The molecule has 0 saturated heterocycles. The highest BCUT2D eigenvalue weighted by atomic mass is 14.7. The van der Waals surface area contributed by atoms with Crippen LogP contribution < -0.4 is 5.73 Å². The maximum atomic E-state index is 9.84. The van der Waals surface area contributed by atoms with Crippen molar-refractivity contribution in [2.45, 2.75) is 12.8 Å². The summed E-state index contributed by atoms with van der Waals surface area (Å²) in [6.45, 7) is 1.97. The predicted molar refractivity (Wildman–Crippen MR) is 98.8 cm³/mol. The van der Waals surface area contributed by atoms with Crippen molar-refractivity contribution < 1.29 is 0 Å². The highest BCUT2D eigenvalue weighted by molar-refractivity contribution is 5.87.